The van der Waals surface area contributed by atoms with Crippen LogP contribution in [-0.4, -0.2) is 5.11 Å². The lowest BCUT2D eigenvalue weighted by Gasteiger charge is -2.01. The molecular weight excluding hydrogens is 136 g/mol. The Morgan fingerprint density at radius 3 is 2.18 bits per heavy atom. The molecule has 1 nitrogen and oxygen atoms in total. The molecule has 0 fully saturated rings. The Hall–Kier alpha value is -0.460. The highest BCUT2D eigenvalue weighted by molar-refractivity contribution is 5.01. The van der Waals surface area contributed by atoms with Gasteiger partial charge in [-0.1, -0.05) is 26.2 Å². The quantitative estimate of drug-likeness (QED) is 0.474. The van der Waals surface area contributed by atoms with Crippen LogP contribution in [0.15, 0.2) is 11.3 Å². The largest absolute Gasteiger partial charge is 0.513 e. The number of aliphatic hydroxyl groups excluding tert-OH is 1. The molecule has 0 aliphatic rings. The first-order chi connectivity index (χ1) is 5.18. The van der Waals surface area contributed by atoms with E-state index < -0.39 is 0 Å². The second kappa shape index (κ2) is 6.26. The molecule has 0 radical (unpaired) electrons. The fourth-order valence-electron chi connectivity index (χ4n) is 0.998. The van der Waals surface area contributed by atoms with Gasteiger partial charge < -0.3 is 5.11 Å². The molecule has 11 heavy (non-hydrogen) atoms. The van der Waals surface area contributed by atoms with Gasteiger partial charge in [-0.05, 0) is 32.3 Å². The molecule has 0 aromatic heterocycles. The monoisotopic (exact) mass is 156 g/mol. The van der Waals surface area contributed by atoms with E-state index in [0.29, 0.717) is 5.76 Å². The van der Waals surface area contributed by atoms with Crippen LogP contribution >= 0.6 is 0 Å². The fourth-order valence-corrected chi connectivity index (χ4v) is 0.998. The van der Waals surface area contributed by atoms with Gasteiger partial charge in [0.1, 0.15) is 0 Å². The highest BCUT2D eigenvalue weighted by Crippen LogP contribution is 2.11. The first-order valence-corrected chi connectivity index (χ1v) is 4.53. The van der Waals surface area contributed by atoms with Crippen LogP contribution in [0, 0.1) is 0 Å². The maximum atomic E-state index is 9.06. The van der Waals surface area contributed by atoms with Gasteiger partial charge in [0.15, 0.2) is 0 Å². The molecule has 0 aromatic carbocycles. The van der Waals surface area contributed by atoms with Gasteiger partial charge in [0.05, 0.1) is 5.76 Å². The van der Waals surface area contributed by atoms with E-state index in [-0.39, 0.29) is 0 Å². The van der Waals surface area contributed by atoms with Gasteiger partial charge in [0, 0.05) is 0 Å². The van der Waals surface area contributed by atoms with Crippen LogP contribution in [0.1, 0.15) is 52.9 Å². The fraction of sp³-hybridized carbons (Fsp3) is 0.800. The molecule has 0 bridgehead atoms. The van der Waals surface area contributed by atoms with Crippen molar-refractivity contribution in [2.24, 2.45) is 0 Å². The van der Waals surface area contributed by atoms with Gasteiger partial charge in [0.25, 0.3) is 0 Å². The first kappa shape index (κ1) is 10.5. The average molecular weight is 156 g/mol. The van der Waals surface area contributed by atoms with Crippen molar-refractivity contribution < 1.29 is 5.11 Å². The number of aliphatic hydroxyl groups is 1. The van der Waals surface area contributed by atoms with Gasteiger partial charge in [-0.25, -0.2) is 0 Å². The molecule has 1 N–H and O–H groups in total. The zero-order valence-electron chi connectivity index (χ0n) is 7.98. The molecule has 0 spiro atoms. The van der Waals surface area contributed by atoms with Crippen LogP contribution < -0.4 is 0 Å². The third kappa shape index (κ3) is 5.96. The number of unbranched alkanes of at least 4 members (excludes halogenated alkanes) is 3. The van der Waals surface area contributed by atoms with Crippen molar-refractivity contribution in [2.75, 3.05) is 0 Å². The Morgan fingerprint density at radius 1 is 1.09 bits per heavy atom. The summed E-state index contributed by atoms with van der Waals surface area (Å²) in [4.78, 5) is 0. The molecule has 0 aliphatic carbocycles. The second-order valence-electron chi connectivity index (χ2n) is 3.18. The molecular formula is C10H20O. The number of hydrogen-bond donors (Lipinski definition) is 1. The summed E-state index contributed by atoms with van der Waals surface area (Å²) in [5.41, 5.74) is 1.14. The number of hydrogen-bond acceptors (Lipinski definition) is 1. The molecule has 0 amide bonds. The van der Waals surface area contributed by atoms with E-state index in [4.69, 9.17) is 5.11 Å². The van der Waals surface area contributed by atoms with E-state index in [1.54, 1.807) is 6.92 Å². The van der Waals surface area contributed by atoms with E-state index in [1.165, 1.54) is 25.7 Å². The maximum Gasteiger partial charge on any atom is 0.0880 e. The van der Waals surface area contributed by atoms with Crippen LogP contribution in [0.2, 0.25) is 0 Å². The summed E-state index contributed by atoms with van der Waals surface area (Å²) in [5, 5.41) is 9.06. The first-order valence-electron chi connectivity index (χ1n) is 4.53. The number of rotatable bonds is 5. The van der Waals surface area contributed by atoms with E-state index in [2.05, 4.69) is 6.92 Å². The molecule has 0 unspecified atom stereocenters. The smallest absolute Gasteiger partial charge is 0.0880 e. The molecule has 1 heteroatoms. The van der Waals surface area contributed by atoms with Gasteiger partial charge >= 0.3 is 0 Å². The minimum atomic E-state index is 0.501. The topological polar surface area (TPSA) is 20.2 Å². The molecule has 66 valence electrons. The summed E-state index contributed by atoms with van der Waals surface area (Å²) in [6, 6.07) is 0. The third-order valence-electron chi connectivity index (χ3n) is 2.02. The Kier molecular flexibility index (Phi) is 6.00. The number of allylic oxidation sites excluding steroid dienone is 2. The Morgan fingerprint density at radius 2 is 1.73 bits per heavy atom. The van der Waals surface area contributed by atoms with E-state index >= 15 is 0 Å². The summed E-state index contributed by atoms with van der Waals surface area (Å²) < 4.78 is 0. The Labute approximate surface area is 70.1 Å². The van der Waals surface area contributed by atoms with Crippen molar-refractivity contribution in [1.29, 1.82) is 0 Å². The molecule has 0 rings (SSSR count). The van der Waals surface area contributed by atoms with E-state index in [1.807, 2.05) is 6.92 Å². The summed E-state index contributed by atoms with van der Waals surface area (Å²) >= 11 is 0. The summed E-state index contributed by atoms with van der Waals surface area (Å²) in [5.74, 6) is 0.501. The normalized spacial score (nSPS) is 13.0. The van der Waals surface area contributed by atoms with Crippen molar-refractivity contribution in [3.8, 4) is 0 Å². The third-order valence-corrected chi connectivity index (χ3v) is 2.02. The predicted molar refractivity (Wildman–Crippen MR) is 49.8 cm³/mol. The van der Waals surface area contributed by atoms with Crippen molar-refractivity contribution in [2.45, 2.75) is 52.9 Å². The standard InChI is InChI=1S/C10H20O/c1-4-5-6-7-8-9(2)10(3)11/h11H,4-8H2,1-3H3/b10-9+. The maximum absolute atomic E-state index is 9.06. The lowest BCUT2D eigenvalue weighted by molar-refractivity contribution is 0.403. The van der Waals surface area contributed by atoms with Gasteiger partial charge in [-0.15, -0.1) is 0 Å². The Bertz CT molecular complexity index is 121. The van der Waals surface area contributed by atoms with E-state index in [9.17, 15) is 0 Å². The van der Waals surface area contributed by atoms with Gasteiger partial charge in [-0.3, -0.25) is 0 Å². The molecule has 0 aliphatic heterocycles. The lowest BCUT2D eigenvalue weighted by Crippen LogP contribution is -1.84. The summed E-state index contributed by atoms with van der Waals surface area (Å²) in [6.07, 6.45) is 6.17. The average Bonchev–Trinajstić information content (AvgIpc) is 1.97. The summed E-state index contributed by atoms with van der Waals surface area (Å²) in [7, 11) is 0. The molecule has 0 saturated heterocycles. The van der Waals surface area contributed by atoms with Crippen LogP contribution in [0.25, 0.3) is 0 Å². The van der Waals surface area contributed by atoms with Crippen LogP contribution in [0.5, 0.6) is 0 Å². The highest BCUT2D eigenvalue weighted by atomic mass is 16.3. The van der Waals surface area contributed by atoms with Gasteiger partial charge in [0.2, 0.25) is 0 Å². The zero-order chi connectivity index (χ0) is 8.69. The molecule has 0 saturated carbocycles. The SMILES string of the molecule is CCCCCC/C(C)=C(\C)O. The second-order valence-corrected chi connectivity index (χ2v) is 3.18. The summed E-state index contributed by atoms with van der Waals surface area (Å²) in [6.45, 7) is 5.97. The van der Waals surface area contributed by atoms with Gasteiger partial charge in [-0.2, -0.15) is 0 Å². The van der Waals surface area contributed by atoms with Crippen LogP contribution in [0.4, 0.5) is 0 Å². The minimum Gasteiger partial charge on any atom is -0.513 e. The molecule has 0 heterocycles. The van der Waals surface area contributed by atoms with Crippen LogP contribution in [0.3, 0.4) is 0 Å². The van der Waals surface area contributed by atoms with E-state index in [0.717, 1.165) is 12.0 Å². The van der Waals surface area contributed by atoms with Crippen LogP contribution in [-0.2, 0) is 0 Å². The molecule has 0 atom stereocenters. The van der Waals surface area contributed by atoms with Crippen molar-refractivity contribution in [1.82, 2.24) is 0 Å². The lowest BCUT2D eigenvalue weighted by atomic mass is 10.1. The minimum absolute atomic E-state index is 0.501. The van der Waals surface area contributed by atoms with Crippen molar-refractivity contribution in [3.63, 3.8) is 0 Å². The Balaban J connectivity index is 3.32. The highest BCUT2D eigenvalue weighted by Gasteiger charge is 1.94. The predicted octanol–water partition coefficient (Wildman–Crippen LogP) is 3.81. The molecule has 0 aromatic rings. The zero-order valence-corrected chi connectivity index (χ0v) is 7.98. The van der Waals surface area contributed by atoms with Crippen molar-refractivity contribution >= 4 is 0 Å². The van der Waals surface area contributed by atoms with Crippen molar-refractivity contribution in [3.05, 3.63) is 11.3 Å².